The molecule has 0 fully saturated rings. The lowest BCUT2D eigenvalue weighted by atomic mass is 10.0. The van der Waals surface area contributed by atoms with Gasteiger partial charge in [-0.2, -0.15) is 0 Å². The fourth-order valence-electron chi connectivity index (χ4n) is 3.35. The van der Waals surface area contributed by atoms with Gasteiger partial charge in [-0.3, -0.25) is 4.79 Å². The molecule has 132 valence electrons. The third-order valence-electron chi connectivity index (χ3n) is 4.54. The van der Waals surface area contributed by atoms with Crippen LogP contribution in [-0.4, -0.2) is 33.8 Å². The van der Waals surface area contributed by atoms with E-state index in [-0.39, 0.29) is 12.3 Å². The molecule has 0 aliphatic carbocycles. The number of hydrogen-bond donors (Lipinski definition) is 0. The van der Waals surface area contributed by atoms with Crippen LogP contribution in [0.2, 0.25) is 0 Å². The van der Waals surface area contributed by atoms with Gasteiger partial charge < -0.3 is 19.1 Å². The van der Waals surface area contributed by atoms with E-state index in [0.717, 1.165) is 30.6 Å². The number of ether oxygens (including phenoxy) is 3. The number of aryl methyl sites for hydroxylation is 1. The number of rotatable bonds is 5. The average Bonchev–Trinajstić information content (AvgIpc) is 2.66. The van der Waals surface area contributed by atoms with Gasteiger partial charge in [-0.05, 0) is 30.5 Å². The Morgan fingerprint density at radius 3 is 2.48 bits per heavy atom. The Balaban J connectivity index is 1.89. The second-order valence-corrected chi connectivity index (χ2v) is 5.95. The van der Waals surface area contributed by atoms with E-state index in [0.29, 0.717) is 17.2 Å². The molecule has 5 nitrogen and oxygen atoms in total. The fraction of sp³-hybridized carbons (Fsp3) is 0.350. The smallest absolute Gasteiger partial charge is 0.231 e. The van der Waals surface area contributed by atoms with Crippen molar-refractivity contribution in [1.82, 2.24) is 0 Å². The Bertz CT molecular complexity index is 772. The number of benzene rings is 2. The molecule has 1 aliphatic rings. The fourth-order valence-corrected chi connectivity index (χ4v) is 3.35. The summed E-state index contributed by atoms with van der Waals surface area (Å²) in [4.78, 5) is 14.8. The van der Waals surface area contributed by atoms with Crippen molar-refractivity contribution in [2.24, 2.45) is 0 Å². The number of hydrogen-bond acceptors (Lipinski definition) is 4. The summed E-state index contributed by atoms with van der Waals surface area (Å²) in [5.74, 6) is 1.69. The molecule has 0 atom stereocenters. The highest BCUT2D eigenvalue weighted by Gasteiger charge is 2.24. The zero-order chi connectivity index (χ0) is 17.8. The summed E-state index contributed by atoms with van der Waals surface area (Å²) in [5.41, 5.74) is 3.02. The number of anilines is 1. The van der Waals surface area contributed by atoms with Crippen molar-refractivity contribution >= 4 is 11.6 Å². The monoisotopic (exact) mass is 341 g/mol. The van der Waals surface area contributed by atoms with E-state index in [1.54, 1.807) is 27.4 Å². The second kappa shape index (κ2) is 7.47. The largest absolute Gasteiger partial charge is 0.493 e. The van der Waals surface area contributed by atoms with E-state index in [1.807, 2.05) is 29.2 Å². The first-order valence-corrected chi connectivity index (χ1v) is 8.35. The van der Waals surface area contributed by atoms with Gasteiger partial charge in [0.2, 0.25) is 11.7 Å². The van der Waals surface area contributed by atoms with E-state index in [2.05, 4.69) is 6.07 Å². The summed E-state index contributed by atoms with van der Waals surface area (Å²) < 4.78 is 16.2. The average molecular weight is 341 g/mol. The van der Waals surface area contributed by atoms with E-state index in [9.17, 15) is 4.79 Å². The van der Waals surface area contributed by atoms with Crippen molar-refractivity contribution in [2.45, 2.75) is 19.3 Å². The molecule has 0 bridgehead atoms. The van der Waals surface area contributed by atoms with Gasteiger partial charge in [0.05, 0.1) is 27.8 Å². The zero-order valence-electron chi connectivity index (χ0n) is 14.9. The SMILES string of the molecule is COc1ccc(CC(=O)N2CCCc3ccccc32)c(OC)c1OC. The van der Waals surface area contributed by atoms with Crippen LogP contribution in [0.25, 0.3) is 0 Å². The Morgan fingerprint density at radius 1 is 1.00 bits per heavy atom. The first kappa shape index (κ1) is 17.1. The van der Waals surface area contributed by atoms with E-state index < -0.39 is 0 Å². The molecular formula is C20H23NO4. The van der Waals surface area contributed by atoms with E-state index >= 15 is 0 Å². The highest BCUT2D eigenvalue weighted by molar-refractivity contribution is 5.96. The molecule has 0 N–H and O–H groups in total. The summed E-state index contributed by atoms with van der Waals surface area (Å²) in [6.45, 7) is 0.742. The van der Waals surface area contributed by atoms with Crippen molar-refractivity contribution in [2.75, 3.05) is 32.8 Å². The molecule has 0 saturated carbocycles. The number of nitrogens with zero attached hydrogens (tertiary/aromatic N) is 1. The van der Waals surface area contributed by atoms with Crippen molar-refractivity contribution in [3.63, 3.8) is 0 Å². The maximum atomic E-state index is 13.0. The lowest BCUT2D eigenvalue weighted by Gasteiger charge is -2.29. The molecule has 0 saturated heterocycles. The summed E-state index contributed by atoms with van der Waals surface area (Å²) in [6.07, 6.45) is 2.24. The minimum atomic E-state index is 0.0534. The molecule has 25 heavy (non-hydrogen) atoms. The van der Waals surface area contributed by atoms with Crippen molar-refractivity contribution in [1.29, 1.82) is 0 Å². The van der Waals surface area contributed by atoms with Gasteiger partial charge in [0.1, 0.15) is 0 Å². The predicted molar refractivity (Wildman–Crippen MR) is 96.9 cm³/mol. The second-order valence-electron chi connectivity index (χ2n) is 5.95. The Kier molecular flexibility index (Phi) is 5.12. The topological polar surface area (TPSA) is 48.0 Å². The lowest BCUT2D eigenvalue weighted by molar-refractivity contribution is -0.118. The molecule has 1 aliphatic heterocycles. The molecule has 0 aromatic heterocycles. The minimum absolute atomic E-state index is 0.0534. The van der Waals surface area contributed by atoms with Gasteiger partial charge in [-0.15, -0.1) is 0 Å². The van der Waals surface area contributed by atoms with Gasteiger partial charge >= 0.3 is 0 Å². The Labute approximate surface area is 148 Å². The van der Waals surface area contributed by atoms with Crippen molar-refractivity contribution in [3.05, 3.63) is 47.5 Å². The molecule has 3 rings (SSSR count). The van der Waals surface area contributed by atoms with Gasteiger partial charge in [0, 0.05) is 17.8 Å². The number of fused-ring (bicyclic) bond motifs is 1. The van der Waals surface area contributed by atoms with Crippen molar-refractivity contribution in [3.8, 4) is 17.2 Å². The van der Waals surface area contributed by atoms with Crippen molar-refractivity contribution < 1.29 is 19.0 Å². The molecule has 5 heteroatoms. The third kappa shape index (κ3) is 3.27. The van der Waals surface area contributed by atoms with Crippen LogP contribution in [0.5, 0.6) is 17.2 Å². The molecule has 2 aromatic rings. The van der Waals surface area contributed by atoms with Crippen LogP contribution in [0.3, 0.4) is 0 Å². The molecule has 2 aromatic carbocycles. The molecule has 0 unspecified atom stereocenters. The standard InChI is InChI=1S/C20H23NO4/c1-23-17-11-10-15(19(24-2)20(17)25-3)13-18(22)21-12-6-8-14-7-4-5-9-16(14)21/h4-5,7,9-11H,6,8,12-13H2,1-3H3. The lowest BCUT2D eigenvalue weighted by Crippen LogP contribution is -2.36. The number of para-hydroxylation sites is 1. The number of carbonyl (C=O) groups is 1. The molecule has 0 spiro atoms. The van der Waals surface area contributed by atoms with Crippen LogP contribution in [0.1, 0.15) is 17.5 Å². The van der Waals surface area contributed by atoms with Crippen LogP contribution >= 0.6 is 0 Å². The van der Waals surface area contributed by atoms with Gasteiger partial charge in [-0.1, -0.05) is 24.3 Å². The summed E-state index contributed by atoms with van der Waals surface area (Å²) in [7, 11) is 4.71. The maximum Gasteiger partial charge on any atom is 0.231 e. The van der Waals surface area contributed by atoms with Gasteiger partial charge in [0.25, 0.3) is 0 Å². The van der Waals surface area contributed by atoms with Gasteiger partial charge in [0.15, 0.2) is 11.5 Å². The summed E-state index contributed by atoms with van der Waals surface area (Å²) in [5, 5.41) is 0. The van der Waals surface area contributed by atoms with Gasteiger partial charge in [-0.25, -0.2) is 0 Å². The summed E-state index contributed by atoms with van der Waals surface area (Å²) >= 11 is 0. The zero-order valence-corrected chi connectivity index (χ0v) is 14.9. The van der Waals surface area contributed by atoms with Crippen LogP contribution in [0.4, 0.5) is 5.69 Å². The first-order chi connectivity index (χ1) is 12.2. The van der Waals surface area contributed by atoms with Crippen LogP contribution in [-0.2, 0) is 17.6 Å². The molecule has 1 amide bonds. The maximum absolute atomic E-state index is 13.0. The van der Waals surface area contributed by atoms with E-state index in [4.69, 9.17) is 14.2 Å². The molecular weight excluding hydrogens is 318 g/mol. The molecule has 0 radical (unpaired) electrons. The summed E-state index contributed by atoms with van der Waals surface area (Å²) in [6, 6.07) is 11.7. The number of amides is 1. The van der Waals surface area contributed by atoms with E-state index in [1.165, 1.54) is 5.56 Å². The Morgan fingerprint density at radius 2 is 1.76 bits per heavy atom. The van der Waals surface area contributed by atoms with Crippen LogP contribution in [0.15, 0.2) is 36.4 Å². The number of carbonyl (C=O) groups excluding carboxylic acids is 1. The normalized spacial score (nSPS) is 13.2. The first-order valence-electron chi connectivity index (χ1n) is 8.35. The highest BCUT2D eigenvalue weighted by Crippen LogP contribution is 2.40. The minimum Gasteiger partial charge on any atom is -0.493 e. The number of methoxy groups -OCH3 is 3. The highest BCUT2D eigenvalue weighted by atomic mass is 16.5. The third-order valence-corrected chi connectivity index (χ3v) is 4.54. The van der Waals surface area contributed by atoms with Crippen LogP contribution < -0.4 is 19.1 Å². The quantitative estimate of drug-likeness (QED) is 0.838. The predicted octanol–water partition coefficient (Wildman–Crippen LogP) is 3.23. The Hall–Kier alpha value is -2.69. The van der Waals surface area contributed by atoms with Crippen LogP contribution in [0, 0.1) is 0 Å². The molecule has 1 heterocycles.